The number of hydrogen-bond donors (Lipinski definition) is 0. The second kappa shape index (κ2) is 4.43. The Morgan fingerprint density at radius 1 is 1.53 bits per heavy atom. The van der Waals surface area contributed by atoms with E-state index in [-0.39, 0.29) is 5.41 Å². The van der Waals surface area contributed by atoms with Crippen LogP contribution in [0.1, 0.15) is 27.2 Å². The number of aromatic nitrogens is 1. The van der Waals surface area contributed by atoms with Gasteiger partial charge in [0, 0.05) is 6.20 Å². The van der Waals surface area contributed by atoms with Crippen LogP contribution in [0.2, 0.25) is 0 Å². The first-order valence-corrected chi connectivity index (χ1v) is 5.28. The molecule has 0 saturated carbocycles. The summed E-state index contributed by atoms with van der Waals surface area (Å²) in [4.78, 5) is 4.29. The minimum absolute atomic E-state index is 0.129. The Morgan fingerprint density at radius 3 is 2.73 bits per heavy atom. The summed E-state index contributed by atoms with van der Waals surface area (Å²) in [7, 11) is 0. The molecule has 0 radical (unpaired) electrons. The van der Waals surface area contributed by atoms with Crippen molar-refractivity contribution in [1.82, 2.24) is 4.98 Å². The molecule has 0 saturated heterocycles. The van der Waals surface area contributed by atoms with Crippen LogP contribution >= 0.6 is 0 Å². The number of pyridine rings is 1. The van der Waals surface area contributed by atoms with Crippen molar-refractivity contribution in [2.45, 2.75) is 27.2 Å². The number of rotatable bonds is 3. The summed E-state index contributed by atoms with van der Waals surface area (Å²) in [5.74, 6) is 0. The van der Waals surface area contributed by atoms with Gasteiger partial charge in [-0.2, -0.15) is 0 Å². The highest BCUT2D eigenvalue weighted by atomic mass is 14.6. The second-order valence-corrected chi connectivity index (χ2v) is 4.45. The predicted octanol–water partition coefficient (Wildman–Crippen LogP) is 2.26. The summed E-state index contributed by atoms with van der Waals surface area (Å²) in [6.45, 7) is 14.6. The Hall–Kier alpha value is -1.37. The topological polar surface area (TPSA) is 12.9 Å². The maximum absolute atomic E-state index is 4.29. The summed E-state index contributed by atoms with van der Waals surface area (Å²) in [5, 5.41) is 1.87. The Kier molecular flexibility index (Phi) is 3.46. The summed E-state index contributed by atoms with van der Waals surface area (Å²) in [6, 6.07) is 3.86. The smallest absolute Gasteiger partial charge is 0.0698 e. The fourth-order valence-electron chi connectivity index (χ4n) is 1.17. The van der Waals surface area contributed by atoms with Crippen LogP contribution in [0.15, 0.2) is 30.5 Å². The van der Waals surface area contributed by atoms with Crippen molar-refractivity contribution in [1.29, 1.82) is 0 Å². The average Bonchev–Trinajstić information content (AvgIpc) is 2.21. The summed E-state index contributed by atoms with van der Waals surface area (Å²) in [5.41, 5.74) is 1.23. The molecule has 1 rings (SSSR count). The normalized spacial score (nSPS) is 12.9. The molecule has 80 valence electrons. The van der Waals surface area contributed by atoms with Crippen LogP contribution in [-0.4, -0.2) is 4.98 Å². The molecule has 0 aromatic carbocycles. The van der Waals surface area contributed by atoms with Crippen molar-refractivity contribution in [3.63, 3.8) is 0 Å². The van der Waals surface area contributed by atoms with Crippen molar-refractivity contribution < 1.29 is 0 Å². The number of allylic oxidation sites excluding steroid dienone is 1. The minimum atomic E-state index is 0.129. The van der Waals surface area contributed by atoms with Gasteiger partial charge in [0.1, 0.15) is 0 Å². The maximum atomic E-state index is 4.29. The van der Waals surface area contributed by atoms with Gasteiger partial charge in [-0.1, -0.05) is 40.0 Å². The van der Waals surface area contributed by atoms with E-state index in [0.717, 1.165) is 22.6 Å². The molecule has 0 amide bonds. The third-order valence-corrected chi connectivity index (χ3v) is 2.99. The molecular weight excluding hydrogens is 182 g/mol. The first kappa shape index (κ1) is 11.7. The Balaban J connectivity index is 3.15. The maximum Gasteiger partial charge on any atom is 0.0698 e. The van der Waals surface area contributed by atoms with E-state index in [0.29, 0.717) is 0 Å². The van der Waals surface area contributed by atoms with Crippen LogP contribution in [0.4, 0.5) is 0 Å². The van der Waals surface area contributed by atoms with E-state index in [2.05, 4.69) is 38.9 Å². The van der Waals surface area contributed by atoms with Crippen LogP contribution < -0.4 is 10.6 Å². The van der Waals surface area contributed by atoms with Crippen LogP contribution in [0.3, 0.4) is 0 Å². The molecule has 1 aromatic heterocycles. The Morgan fingerprint density at radius 2 is 2.20 bits per heavy atom. The lowest BCUT2D eigenvalue weighted by molar-refractivity contribution is 0.446. The van der Waals surface area contributed by atoms with E-state index in [1.165, 1.54) is 0 Å². The molecule has 1 aromatic rings. The highest BCUT2D eigenvalue weighted by molar-refractivity contribution is 5.46. The standard InChI is InChI=1S/C14H19N/c1-6-14(4,5)12(3)10-13-11(2)8-7-9-15-13/h7-10H,2-3,6H2,1,4-5H3/b13-10+. The molecule has 0 aliphatic rings. The molecule has 0 unspecified atom stereocenters. The molecule has 0 bridgehead atoms. The second-order valence-electron chi connectivity index (χ2n) is 4.45. The molecule has 0 spiro atoms. The molecule has 0 aliphatic carbocycles. The first-order valence-electron chi connectivity index (χ1n) is 5.28. The molecular formula is C14H19N. The third-order valence-electron chi connectivity index (χ3n) is 2.99. The van der Waals surface area contributed by atoms with Gasteiger partial charge in [0.25, 0.3) is 0 Å². The van der Waals surface area contributed by atoms with E-state index in [9.17, 15) is 0 Å². The molecule has 1 nitrogen and oxygen atoms in total. The summed E-state index contributed by atoms with van der Waals surface area (Å²) >= 11 is 0. The van der Waals surface area contributed by atoms with Gasteiger partial charge in [0.2, 0.25) is 0 Å². The van der Waals surface area contributed by atoms with E-state index in [1.807, 2.05) is 18.2 Å². The summed E-state index contributed by atoms with van der Waals surface area (Å²) in [6.07, 6.45) is 4.89. The SMILES string of the molecule is C=C(/C=c1/ncccc1=C)C(C)(C)CC. The monoisotopic (exact) mass is 201 g/mol. The summed E-state index contributed by atoms with van der Waals surface area (Å²) < 4.78 is 0. The van der Waals surface area contributed by atoms with E-state index in [4.69, 9.17) is 0 Å². The molecule has 0 aliphatic heterocycles. The molecule has 0 N–H and O–H groups in total. The molecule has 15 heavy (non-hydrogen) atoms. The van der Waals surface area contributed by atoms with Crippen molar-refractivity contribution in [3.05, 3.63) is 41.0 Å². The van der Waals surface area contributed by atoms with Gasteiger partial charge in [-0.15, -0.1) is 0 Å². The minimum Gasteiger partial charge on any atom is -0.256 e. The van der Waals surface area contributed by atoms with Crippen LogP contribution in [0.25, 0.3) is 12.7 Å². The van der Waals surface area contributed by atoms with E-state index < -0.39 is 0 Å². The fraction of sp³-hybridized carbons (Fsp3) is 0.357. The van der Waals surface area contributed by atoms with Gasteiger partial charge < -0.3 is 0 Å². The lowest BCUT2D eigenvalue weighted by atomic mass is 9.82. The average molecular weight is 201 g/mol. The third kappa shape index (κ3) is 2.79. The van der Waals surface area contributed by atoms with E-state index >= 15 is 0 Å². The quantitative estimate of drug-likeness (QED) is 0.731. The highest BCUT2D eigenvalue weighted by Crippen LogP contribution is 2.29. The Labute approximate surface area is 91.9 Å². The van der Waals surface area contributed by atoms with Gasteiger partial charge in [-0.05, 0) is 34.8 Å². The molecule has 0 atom stereocenters. The molecule has 0 fully saturated rings. The van der Waals surface area contributed by atoms with Crippen molar-refractivity contribution in [2.75, 3.05) is 0 Å². The zero-order chi connectivity index (χ0) is 11.5. The van der Waals surface area contributed by atoms with Gasteiger partial charge in [-0.25, -0.2) is 0 Å². The van der Waals surface area contributed by atoms with Crippen LogP contribution in [-0.2, 0) is 0 Å². The lowest BCUT2D eigenvalue weighted by Gasteiger charge is -2.23. The largest absolute Gasteiger partial charge is 0.256 e. The first-order chi connectivity index (χ1) is 6.97. The van der Waals surface area contributed by atoms with E-state index in [1.54, 1.807) is 6.20 Å². The zero-order valence-corrected chi connectivity index (χ0v) is 9.88. The molecule has 1 heteroatoms. The molecule has 1 heterocycles. The highest BCUT2D eigenvalue weighted by Gasteiger charge is 2.16. The Bertz CT molecular complexity index is 454. The fourth-order valence-corrected chi connectivity index (χ4v) is 1.17. The van der Waals surface area contributed by atoms with Crippen molar-refractivity contribution in [2.24, 2.45) is 5.41 Å². The predicted molar refractivity (Wildman–Crippen MR) is 66.7 cm³/mol. The van der Waals surface area contributed by atoms with Crippen LogP contribution in [0.5, 0.6) is 0 Å². The van der Waals surface area contributed by atoms with Crippen molar-refractivity contribution >= 4 is 12.7 Å². The van der Waals surface area contributed by atoms with Gasteiger partial charge >= 0.3 is 0 Å². The lowest BCUT2D eigenvalue weighted by Crippen LogP contribution is -2.27. The number of hydrogen-bond acceptors (Lipinski definition) is 1. The van der Waals surface area contributed by atoms with Gasteiger partial charge in [0.15, 0.2) is 0 Å². The zero-order valence-electron chi connectivity index (χ0n) is 9.88. The van der Waals surface area contributed by atoms with Crippen LogP contribution in [0, 0.1) is 5.41 Å². The number of nitrogens with zero attached hydrogens (tertiary/aromatic N) is 1. The van der Waals surface area contributed by atoms with Crippen molar-refractivity contribution in [3.8, 4) is 0 Å². The van der Waals surface area contributed by atoms with Gasteiger partial charge in [-0.3, -0.25) is 4.98 Å². The van der Waals surface area contributed by atoms with Gasteiger partial charge in [0.05, 0.1) is 5.35 Å².